The number of hydrogen-bond acceptors (Lipinski definition) is 3. The number of pyridine rings is 1. The lowest BCUT2D eigenvalue weighted by atomic mass is 10.0. The molecule has 1 aliphatic heterocycles. The number of amides is 1. The molecule has 2 aromatic heterocycles. The minimum Gasteiger partial charge on any atom is -0.344 e. The van der Waals surface area contributed by atoms with E-state index in [-0.39, 0.29) is 23.2 Å². The minimum absolute atomic E-state index is 0.0322. The van der Waals surface area contributed by atoms with Crippen molar-refractivity contribution < 1.29 is 18.0 Å². The number of alkyl halides is 3. The summed E-state index contributed by atoms with van der Waals surface area (Å²) in [5.41, 5.74) is -1.42. The highest BCUT2D eigenvalue weighted by molar-refractivity contribution is 5.83. The maximum Gasteiger partial charge on any atom is 0.435 e. The second-order valence-corrected chi connectivity index (χ2v) is 7.82. The average Bonchev–Trinajstić information content (AvgIpc) is 2.89. The van der Waals surface area contributed by atoms with Crippen molar-refractivity contribution in [3.8, 4) is 0 Å². The van der Waals surface area contributed by atoms with E-state index >= 15 is 0 Å². The maximum atomic E-state index is 13.5. The van der Waals surface area contributed by atoms with E-state index in [1.807, 2.05) is 0 Å². The number of halogens is 3. The van der Waals surface area contributed by atoms with Crippen LogP contribution in [-0.2, 0) is 16.5 Å². The number of fused-ring (bicyclic) bond motifs is 2. The van der Waals surface area contributed by atoms with Crippen molar-refractivity contribution in [1.29, 1.82) is 0 Å². The van der Waals surface area contributed by atoms with Crippen LogP contribution in [0, 0.1) is 24.7 Å². The van der Waals surface area contributed by atoms with E-state index in [1.54, 1.807) is 39.1 Å². The molecule has 8 heteroatoms. The highest BCUT2D eigenvalue weighted by Gasteiger charge is 2.57. The summed E-state index contributed by atoms with van der Waals surface area (Å²) >= 11 is 0. The van der Waals surface area contributed by atoms with Crippen LogP contribution in [0.15, 0.2) is 18.3 Å². The molecule has 0 radical (unpaired) electrons. The topological polar surface area (TPSA) is 58.4 Å². The summed E-state index contributed by atoms with van der Waals surface area (Å²) in [4.78, 5) is 16.5. The van der Waals surface area contributed by atoms with Crippen LogP contribution in [0.5, 0.6) is 0 Å². The van der Waals surface area contributed by atoms with Gasteiger partial charge in [-0.05, 0) is 57.3 Å². The largest absolute Gasteiger partial charge is 0.435 e. The first-order valence-corrected chi connectivity index (χ1v) is 8.69. The number of aryl methyl sites for hydroxylation is 1. The molecule has 26 heavy (non-hydrogen) atoms. The zero-order chi connectivity index (χ0) is 18.9. The first-order valence-electron chi connectivity index (χ1n) is 8.69. The summed E-state index contributed by atoms with van der Waals surface area (Å²) in [5.74, 6) is 0.711. The molecule has 0 bridgehead atoms. The van der Waals surface area contributed by atoms with E-state index in [4.69, 9.17) is 0 Å². The number of nitrogens with zero attached hydrogens (tertiary/aromatic N) is 2. The quantitative estimate of drug-likeness (QED) is 0.878. The molecule has 1 saturated heterocycles. The van der Waals surface area contributed by atoms with Gasteiger partial charge in [-0.2, -0.15) is 13.2 Å². The molecular weight excluding hydrogens is 345 g/mol. The van der Waals surface area contributed by atoms with Crippen LogP contribution in [0.4, 0.5) is 13.2 Å². The molecule has 0 unspecified atom stereocenters. The van der Waals surface area contributed by atoms with Crippen molar-refractivity contribution in [3.05, 3.63) is 35.4 Å². The zero-order valence-corrected chi connectivity index (χ0v) is 14.8. The van der Waals surface area contributed by atoms with Gasteiger partial charge in [0.05, 0.1) is 11.1 Å². The number of carbonyl (C=O) groups excluding carboxylic acids is 1. The monoisotopic (exact) mass is 366 g/mol. The Labute approximate surface area is 149 Å². The number of carbonyl (C=O) groups is 1. The van der Waals surface area contributed by atoms with Crippen LogP contribution in [0.2, 0.25) is 0 Å². The van der Waals surface area contributed by atoms with Crippen LogP contribution < -0.4 is 10.6 Å². The van der Waals surface area contributed by atoms with Gasteiger partial charge in [0.1, 0.15) is 5.82 Å². The molecule has 0 aromatic carbocycles. The van der Waals surface area contributed by atoms with Crippen molar-refractivity contribution in [3.63, 3.8) is 0 Å². The average molecular weight is 366 g/mol. The van der Waals surface area contributed by atoms with Crippen LogP contribution in [0.25, 0.3) is 5.52 Å². The molecule has 1 saturated carbocycles. The Bertz CT molecular complexity index is 876. The highest BCUT2D eigenvalue weighted by Crippen LogP contribution is 2.49. The third kappa shape index (κ3) is 2.58. The second kappa shape index (κ2) is 5.45. The predicted octanol–water partition coefficient (Wildman–Crippen LogP) is 2.48. The molecule has 140 valence electrons. The first-order chi connectivity index (χ1) is 12.1. The molecular formula is C18H21F3N4O. The SMILES string of the molecule is Cc1cccn2c(C(C)(C)NC(=O)[C@H]3[C@@H]4CNC[C@@H]43)nc(C(F)(F)F)c12. The summed E-state index contributed by atoms with van der Waals surface area (Å²) in [6.45, 7) is 6.66. The fraction of sp³-hybridized carbons (Fsp3) is 0.556. The zero-order valence-electron chi connectivity index (χ0n) is 14.8. The van der Waals surface area contributed by atoms with Crippen molar-refractivity contribution in [2.24, 2.45) is 17.8 Å². The Hall–Kier alpha value is -2.09. The molecule has 5 nitrogen and oxygen atoms in total. The molecule has 0 spiro atoms. The predicted molar refractivity (Wildman–Crippen MR) is 89.4 cm³/mol. The fourth-order valence-electron chi connectivity index (χ4n) is 4.20. The Morgan fingerprint density at radius 2 is 1.96 bits per heavy atom. The lowest BCUT2D eigenvalue weighted by Crippen LogP contribution is -2.44. The number of imidazole rings is 1. The van der Waals surface area contributed by atoms with Crippen molar-refractivity contribution >= 4 is 11.4 Å². The van der Waals surface area contributed by atoms with E-state index in [9.17, 15) is 18.0 Å². The van der Waals surface area contributed by atoms with Gasteiger partial charge in [0.15, 0.2) is 5.69 Å². The van der Waals surface area contributed by atoms with Gasteiger partial charge in [-0.15, -0.1) is 0 Å². The van der Waals surface area contributed by atoms with Gasteiger partial charge in [0.2, 0.25) is 5.91 Å². The summed E-state index contributed by atoms with van der Waals surface area (Å²) in [5, 5.41) is 6.15. The molecule has 2 fully saturated rings. The lowest BCUT2D eigenvalue weighted by molar-refractivity contribution is -0.139. The Kier molecular flexibility index (Phi) is 3.63. The van der Waals surface area contributed by atoms with Crippen molar-refractivity contribution in [1.82, 2.24) is 20.0 Å². The van der Waals surface area contributed by atoms with E-state index in [0.29, 0.717) is 17.4 Å². The van der Waals surface area contributed by atoms with E-state index in [2.05, 4.69) is 15.6 Å². The summed E-state index contributed by atoms with van der Waals surface area (Å²) in [6, 6.07) is 3.31. The molecule has 1 aliphatic carbocycles. The molecule has 2 N–H and O–H groups in total. The summed E-state index contributed by atoms with van der Waals surface area (Å²) in [7, 11) is 0. The number of piperidine rings is 1. The van der Waals surface area contributed by atoms with Crippen LogP contribution in [0.1, 0.15) is 30.9 Å². The fourth-order valence-corrected chi connectivity index (χ4v) is 4.20. The maximum absolute atomic E-state index is 13.5. The van der Waals surface area contributed by atoms with Crippen molar-refractivity contribution in [2.75, 3.05) is 13.1 Å². The Balaban J connectivity index is 1.71. The van der Waals surface area contributed by atoms with Crippen LogP contribution in [0.3, 0.4) is 0 Å². The molecule has 3 heterocycles. The molecule has 2 aliphatic rings. The van der Waals surface area contributed by atoms with Gasteiger partial charge < -0.3 is 15.0 Å². The minimum atomic E-state index is -4.56. The highest BCUT2D eigenvalue weighted by atomic mass is 19.4. The summed E-state index contributed by atoms with van der Waals surface area (Å²) < 4.78 is 41.9. The van der Waals surface area contributed by atoms with Crippen molar-refractivity contribution in [2.45, 2.75) is 32.5 Å². The van der Waals surface area contributed by atoms with Crippen LogP contribution >= 0.6 is 0 Å². The van der Waals surface area contributed by atoms with Gasteiger partial charge in [0.25, 0.3) is 0 Å². The lowest BCUT2D eigenvalue weighted by Gasteiger charge is -2.25. The molecule has 1 amide bonds. The first kappa shape index (κ1) is 17.3. The van der Waals surface area contributed by atoms with Gasteiger partial charge in [-0.25, -0.2) is 4.98 Å². The smallest absolute Gasteiger partial charge is 0.344 e. The van der Waals surface area contributed by atoms with Crippen LogP contribution in [-0.4, -0.2) is 28.4 Å². The third-order valence-electron chi connectivity index (χ3n) is 5.52. The molecule has 2 aromatic rings. The number of hydrogen-bond donors (Lipinski definition) is 2. The number of nitrogens with one attached hydrogen (secondary N) is 2. The number of rotatable bonds is 3. The van der Waals surface area contributed by atoms with Gasteiger partial charge in [-0.3, -0.25) is 4.79 Å². The molecule has 4 rings (SSSR count). The standard InChI is InChI=1S/C18H21F3N4O/c1-9-5-4-6-25-13(9)14(18(19,20)21)23-16(25)17(2,3)24-15(26)12-10-7-22-8-11(10)12/h4-6,10-12,22H,7-8H2,1-3H3,(H,24,26)/t10-,11+,12+. The second-order valence-electron chi connectivity index (χ2n) is 7.82. The third-order valence-corrected chi connectivity index (χ3v) is 5.52. The summed E-state index contributed by atoms with van der Waals surface area (Å²) in [6.07, 6.45) is -3.00. The van der Waals surface area contributed by atoms with E-state index < -0.39 is 17.4 Å². The Morgan fingerprint density at radius 3 is 2.58 bits per heavy atom. The van der Waals surface area contributed by atoms with Gasteiger partial charge in [-0.1, -0.05) is 6.07 Å². The number of aromatic nitrogens is 2. The molecule has 3 atom stereocenters. The van der Waals surface area contributed by atoms with E-state index in [1.165, 1.54) is 4.40 Å². The Morgan fingerprint density at radius 1 is 1.31 bits per heavy atom. The van der Waals surface area contributed by atoms with E-state index in [0.717, 1.165) is 13.1 Å². The van der Waals surface area contributed by atoms with Gasteiger partial charge >= 0.3 is 6.18 Å². The normalized spacial score (nSPS) is 25.4. The van der Waals surface area contributed by atoms with Gasteiger partial charge in [0, 0.05) is 12.1 Å².